The van der Waals surface area contributed by atoms with E-state index in [0.717, 1.165) is 19.3 Å². The zero-order chi connectivity index (χ0) is 15.1. The van der Waals surface area contributed by atoms with Gasteiger partial charge in [-0.05, 0) is 6.42 Å². The smallest absolute Gasteiger partial charge is 0.205 e. The fraction of sp³-hybridized carbons (Fsp3) is 0.278. The summed E-state index contributed by atoms with van der Waals surface area (Å²) in [6.45, 7) is 2.10. The molecule has 0 heterocycles. The van der Waals surface area contributed by atoms with Crippen molar-refractivity contribution in [3.05, 3.63) is 60.7 Å². The van der Waals surface area contributed by atoms with Crippen LogP contribution in [0.4, 0.5) is 0 Å². The van der Waals surface area contributed by atoms with E-state index in [1.165, 1.54) is 0 Å². The van der Waals surface area contributed by atoms with Crippen molar-refractivity contribution >= 4 is 23.3 Å². The van der Waals surface area contributed by atoms with E-state index >= 15 is 0 Å². The highest BCUT2D eigenvalue weighted by molar-refractivity contribution is 7.93. The van der Waals surface area contributed by atoms with Gasteiger partial charge in [-0.3, -0.25) is 4.79 Å². The van der Waals surface area contributed by atoms with Gasteiger partial charge in [0.2, 0.25) is 7.14 Å². The first-order valence-corrected chi connectivity index (χ1v) is 9.15. The molecular formula is C18H21O2P. The van der Waals surface area contributed by atoms with Crippen LogP contribution in [0.1, 0.15) is 32.6 Å². The van der Waals surface area contributed by atoms with Gasteiger partial charge < -0.3 is 4.57 Å². The Kier molecular flexibility index (Phi) is 5.52. The summed E-state index contributed by atoms with van der Waals surface area (Å²) in [6, 6.07) is 18.3. The summed E-state index contributed by atoms with van der Waals surface area (Å²) in [5, 5.41) is 1.27. The Balaban J connectivity index is 2.41. The van der Waals surface area contributed by atoms with Crippen LogP contribution in [-0.4, -0.2) is 5.52 Å². The first-order chi connectivity index (χ1) is 10.2. The Morgan fingerprint density at radius 3 is 1.76 bits per heavy atom. The zero-order valence-corrected chi connectivity index (χ0v) is 13.3. The highest BCUT2D eigenvalue weighted by Gasteiger charge is 2.34. The monoisotopic (exact) mass is 300 g/mol. The third kappa shape index (κ3) is 3.51. The molecule has 0 aliphatic carbocycles. The molecule has 0 spiro atoms. The van der Waals surface area contributed by atoms with Gasteiger partial charge >= 0.3 is 0 Å². The Hall–Kier alpha value is -1.66. The maximum absolute atomic E-state index is 13.6. The van der Waals surface area contributed by atoms with E-state index in [1.54, 1.807) is 24.3 Å². The predicted molar refractivity (Wildman–Crippen MR) is 88.9 cm³/mol. The molecule has 2 rings (SSSR count). The number of carbonyl (C=O) groups is 1. The second kappa shape index (κ2) is 7.38. The Morgan fingerprint density at radius 2 is 1.33 bits per heavy atom. The fourth-order valence-electron chi connectivity index (χ4n) is 2.40. The van der Waals surface area contributed by atoms with Crippen LogP contribution < -0.4 is 10.6 Å². The van der Waals surface area contributed by atoms with Crippen LogP contribution in [0.25, 0.3) is 0 Å². The number of hydrogen-bond donors (Lipinski definition) is 0. The summed E-state index contributed by atoms with van der Waals surface area (Å²) in [7, 11) is -3.19. The lowest BCUT2D eigenvalue weighted by atomic mass is 10.2. The predicted octanol–water partition coefficient (Wildman–Crippen LogP) is 4.11. The van der Waals surface area contributed by atoms with Crippen LogP contribution in [0.15, 0.2) is 60.7 Å². The summed E-state index contributed by atoms with van der Waals surface area (Å²) < 4.78 is 13.6. The fourth-order valence-corrected chi connectivity index (χ4v) is 4.93. The van der Waals surface area contributed by atoms with Crippen molar-refractivity contribution in [3.8, 4) is 0 Å². The number of benzene rings is 2. The molecule has 2 nitrogen and oxygen atoms in total. The number of carbonyl (C=O) groups excluding carboxylic acids is 1. The first-order valence-electron chi connectivity index (χ1n) is 7.44. The SMILES string of the molecule is CCCCCC(=O)P(=O)(c1ccccc1)c1ccccc1. The molecule has 0 saturated heterocycles. The third-order valence-corrected chi connectivity index (χ3v) is 6.56. The molecule has 0 radical (unpaired) electrons. The third-order valence-electron chi connectivity index (χ3n) is 3.59. The molecule has 0 fully saturated rings. The van der Waals surface area contributed by atoms with Crippen LogP contribution >= 0.6 is 7.14 Å². The van der Waals surface area contributed by atoms with E-state index in [0.29, 0.717) is 17.0 Å². The van der Waals surface area contributed by atoms with Crippen molar-refractivity contribution < 1.29 is 9.36 Å². The van der Waals surface area contributed by atoms with E-state index in [9.17, 15) is 9.36 Å². The Morgan fingerprint density at radius 1 is 0.857 bits per heavy atom. The highest BCUT2D eigenvalue weighted by atomic mass is 31.2. The minimum Gasteiger partial charge on any atom is -0.306 e. The van der Waals surface area contributed by atoms with E-state index < -0.39 is 7.14 Å². The van der Waals surface area contributed by atoms with E-state index in [-0.39, 0.29) is 5.52 Å². The molecule has 0 bridgehead atoms. The second-order valence-electron chi connectivity index (χ2n) is 5.13. The van der Waals surface area contributed by atoms with Crippen molar-refractivity contribution in [2.45, 2.75) is 32.6 Å². The molecule has 0 aliphatic heterocycles. The van der Waals surface area contributed by atoms with E-state index in [2.05, 4.69) is 6.92 Å². The number of hydrogen-bond acceptors (Lipinski definition) is 2. The standard InChI is InChI=1S/C18H21O2P/c1-2-3-6-15-18(19)21(20,16-11-7-4-8-12-16)17-13-9-5-10-14-17/h4-5,7-14H,2-3,6,15H2,1H3. The zero-order valence-electron chi connectivity index (χ0n) is 12.4. The van der Waals surface area contributed by atoms with E-state index in [1.807, 2.05) is 36.4 Å². The molecule has 0 amide bonds. The normalized spacial score (nSPS) is 11.3. The Bertz CT molecular complexity index is 577. The minimum absolute atomic E-state index is 0.131. The quantitative estimate of drug-likeness (QED) is 0.569. The summed E-state index contributed by atoms with van der Waals surface area (Å²) in [6.07, 6.45) is 3.23. The minimum atomic E-state index is -3.19. The second-order valence-corrected chi connectivity index (χ2v) is 7.88. The number of rotatable bonds is 7. The van der Waals surface area contributed by atoms with Crippen molar-refractivity contribution in [2.24, 2.45) is 0 Å². The van der Waals surface area contributed by atoms with Gasteiger partial charge in [0.05, 0.1) is 0 Å². The summed E-state index contributed by atoms with van der Waals surface area (Å²) >= 11 is 0. The molecule has 0 atom stereocenters. The molecule has 3 heteroatoms. The maximum Gasteiger partial charge on any atom is 0.205 e. The lowest BCUT2D eigenvalue weighted by Gasteiger charge is -2.18. The van der Waals surface area contributed by atoms with Crippen LogP contribution in [0.3, 0.4) is 0 Å². The topological polar surface area (TPSA) is 34.1 Å². The van der Waals surface area contributed by atoms with Crippen molar-refractivity contribution in [1.82, 2.24) is 0 Å². The molecule has 0 saturated carbocycles. The molecule has 2 aromatic rings. The van der Waals surface area contributed by atoms with Gasteiger partial charge in [-0.25, -0.2) is 0 Å². The van der Waals surface area contributed by atoms with Gasteiger partial charge in [0, 0.05) is 17.0 Å². The molecule has 0 unspecified atom stereocenters. The highest BCUT2D eigenvalue weighted by Crippen LogP contribution is 2.45. The lowest BCUT2D eigenvalue weighted by molar-refractivity contribution is -0.111. The average Bonchev–Trinajstić information content (AvgIpc) is 2.56. The largest absolute Gasteiger partial charge is 0.306 e. The van der Waals surface area contributed by atoms with Crippen LogP contribution in [-0.2, 0) is 9.36 Å². The summed E-state index contributed by atoms with van der Waals surface area (Å²) in [5.74, 6) is 0. The molecule has 0 aromatic heterocycles. The molecule has 2 aromatic carbocycles. The molecule has 0 aliphatic rings. The molecule has 110 valence electrons. The molecule has 21 heavy (non-hydrogen) atoms. The van der Waals surface area contributed by atoms with Gasteiger partial charge in [-0.1, -0.05) is 80.4 Å². The maximum atomic E-state index is 13.6. The summed E-state index contributed by atoms with van der Waals surface area (Å²) in [4.78, 5) is 12.7. The first kappa shape index (κ1) is 15.7. The van der Waals surface area contributed by atoms with E-state index in [4.69, 9.17) is 0 Å². The van der Waals surface area contributed by atoms with Crippen molar-refractivity contribution in [2.75, 3.05) is 0 Å². The van der Waals surface area contributed by atoms with Gasteiger partial charge in [0.1, 0.15) is 0 Å². The van der Waals surface area contributed by atoms with Gasteiger partial charge in [0.25, 0.3) is 0 Å². The summed E-state index contributed by atoms with van der Waals surface area (Å²) in [5.41, 5.74) is -0.131. The molecule has 0 N–H and O–H groups in total. The van der Waals surface area contributed by atoms with Crippen LogP contribution in [0.5, 0.6) is 0 Å². The average molecular weight is 300 g/mol. The molecular weight excluding hydrogens is 279 g/mol. The lowest BCUT2D eigenvalue weighted by Crippen LogP contribution is -2.22. The van der Waals surface area contributed by atoms with Crippen LogP contribution in [0.2, 0.25) is 0 Å². The van der Waals surface area contributed by atoms with Gasteiger partial charge in [0.15, 0.2) is 5.52 Å². The van der Waals surface area contributed by atoms with Gasteiger partial charge in [-0.15, -0.1) is 0 Å². The van der Waals surface area contributed by atoms with Gasteiger partial charge in [-0.2, -0.15) is 0 Å². The van der Waals surface area contributed by atoms with Crippen molar-refractivity contribution in [1.29, 1.82) is 0 Å². The Labute approximate surface area is 126 Å². The van der Waals surface area contributed by atoms with Crippen LogP contribution in [0, 0.1) is 0 Å². The van der Waals surface area contributed by atoms with Crippen molar-refractivity contribution in [3.63, 3.8) is 0 Å². The number of unbranched alkanes of at least 4 members (excludes halogenated alkanes) is 2.